The molecule has 1 aromatic carbocycles. The first-order valence-electron chi connectivity index (χ1n) is 6.24. The summed E-state index contributed by atoms with van der Waals surface area (Å²) in [5.41, 5.74) is -0.369. The average Bonchev–Trinajstić information content (AvgIpc) is 2.55. The Balaban J connectivity index is 2.22. The van der Waals surface area contributed by atoms with E-state index in [0.717, 1.165) is 31.8 Å². The second-order valence-corrected chi connectivity index (χ2v) is 4.70. The zero-order valence-electron chi connectivity index (χ0n) is 11.8. The quantitative estimate of drug-likeness (QED) is 0.682. The largest absolute Gasteiger partial charge is 0.465 e. The van der Waals surface area contributed by atoms with Gasteiger partial charge in [-0.25, -0.2) is 23.5 Å². The fourth-order valence-electron chi connectivity index (χ4n) is 1.76. The Labute approximate surface area is 134 Å². The van der Waals surface area contributed by atoms with Crippen molar-refractivity contribution < 1.29 is 23.1 Å². The summed E-state index contributed by atoms with van der Waals surface area (Å²) in [5.74, 6) is -3.25. The van der Waals surface area contributed by atoms with Crippen molar-refractivity contribution in [3.05, 3.63) is 52.4 Å². The van der Waals surface area contributed by atoms with Gasteiger partial charge in [0.15, 0.2) is 5.82 Å². The Morgan fingerprint density at radius 3 is 2.70 bits per heavy atom. The molecule has 1 aromatic heterocycles. The molecule has 0 unspecified atom stereocenters. The number of hydrogen-bond donors (Lipinski definition) is 1. The van der Waals surface area contributed by atoms with Crippen LogP contribution < -0.4 is 5.32 Å². The Hall–Kier alpha value is -2.61. The maximum absolute atomic E-state index is 13.7. The molecule has 0 fully saturated rings. The van der Waals surface area contributed by atoms with E-state index >= 15 is 0 Å². The fourth-order valence-corrected chi connectivity index (χ4v) is 1.98. The Morgan fingerprint density at radius 1 is 1.30 bits per heavy atom. The van der Waals surface area contributed by atoms with Crippen molar-refractivity contribution in [3.8, 4) is 0 Å². The van der Waals surface area contributed by atoms with Crippen LogP contribution in [0.5, 0.6) is 0 Å². The third-order valence-corrected chi connectivity index (χ3v) is 3.26. The molecule has 9 heteroatoms. The van der Waals surface area contributed by atoms with Gasteiger partial charge in [0.1, 0.15) is 23.5 Å². The molecule has 0 aliphatic heterocycles. The van der Waals surface area contributed by atoms with Crippen LogP contribution in [0.3, 0.4) is 0 Å². The molecular weight excluding hydrogens is 332 g/mol. The second kappa shape index (κ2) is 7.10. The predicted octanol–water partition coefficient (Wildman–Crippen LogP) is 2.38. The number of halogens is 3. The number of methoxy groups -OCH3 is 1. The van der Waals surface area contributed by atoms with Gasteiger partial charge in [0, 0.05) is 11.8 Å². The van der Waals surface area contributed by atoms with E-state index in [1.807, 2.05) is 0 Å². The predicted molar refractivity (Wildman–Crippen MR) is 77.1 cm³/mol. The molecule has 0 radical (unpaired) electrons. The van der Waals surface area contributed by atoms with Crippen LogP contribution in [0.1, 0.15) is 15.9 Å². The number of amides is 1. The second-order valence-electron chi connectivity index (χ2n) is 4.32. The first kappa shape index (κ1) is 16.8. The van der Waals surface area contributed by atoms with E-state index in [1.54, 1.807) is 0 Å². The van der Waals surface area contributed by atoms with Gasteiger partial charge in [-0.1, -0.05) is 11.6 Å². The van der Waals surface area contributed by atoms with Crippen molar-refractivity contribution in [2.75, 3.05) is 12.4 Å². The molecule has 120 valence electrons. The summed E-state index contributed by atoms with van der Waals surface area (Å²) in [4.78, 5) is 30.9. The van der Waals surface area contributed by atoms with Crippen molar-refractivity contribution in [1.82, 2.24) is 9.97 Å². The van der Waals surface area contributed by atoms with E-state index in [-0.39, 0.29) is 16.9 Å². The molecule has 2 rings (SSSR count). The van der Waals surface area contributed by atoms with Crippen LogP contribution in [0.2, 0.25) is 5.02 Å². The van der Waals surface area contributed by atoms with Gasteiger partial charge in [-0.2, -0.15) is 0 Å². The van der Waals surface area contributed by atoms with Gasteiger partial charge in [0.2, 0.25) is 5.91 Å². The standard InChI is InChI=1S/C14H10ClF2N3O3/c1-23-14(22)8-5-18-6-19-13(8)20-11(21)4-7-9(16)2-3-10(17)12(7)15/h2-3,5-6H,4H2,1H3,(H,18,19,20,21). The van der Waals surface area contributed by atoms with Crippen molar-refractivity contribution in [1.29, 1.82) is 0 Å². The lowest BCUT2D eigenvalue weighted by Gasteiger charge is -2.09. The van der Waals surface area contributed by atoms with Gasteiger partial charge in [0.05, 0.1) is 18.6 Å². The number of nitrogens with one attached hydrogen (secondary N) is 1. The van der Waals surface area contributed by atoms with E-state index < -0.39 is 35.0 Å². The molecule has 0 aliphatic carbocycles. The van der Waals surface area contributed by atoms with Crippen molar-refractivity contribution >= 4 is 29.3 Å². The summed E-state index contributed by atoms with van der Waals surface area (Å²) in [7, 11) is 1.16. The number of aromatic nitrogens is 2. The van der Waals surface area contributed by atoms with E-state index in [1.165, 1.54) is 0 Å². The number of carbonyl (C=O) groups excluding carboxylic acids is 2. The smallest absolute Gasteiger partial charge is 0.343 e. The summed E-state index contributed by atoms with van der Waals surface area (Å²) in [6.45, 7) is 0. The zero-order valence-corrected chi connectivity index (χ0v) is 12.5. The van der Waals surface area contributed by atoms with Gasteiger partial charge in [-0.15, -0.1) is 0 Å². The lowest BCUT2D eigenvalue weighted by Crippen LogP contribution is -2.19. The van der Waals surface area contributed by atoms with Crippen molar-refractivity contribution in [2.45, 2.75) is 6.42 Å². The van der Waals surface area contributed by atoms with Gasteiger partial charge in [-0.3, -0.25) is 4.79 Å². The van der Waals surface area contributed by atoms with Crippen LogP contribution in [-0.2, 0) is 16.0 Å². The molecule has 0 atom stereocenters. The summed E-state index contributed by atoms with van der Waals surface area (Å²) in [6.07, 6.45) is 1.73. The highest BCUT2D eigenvalue weighted by Gasteiger charge is 2.19. The SMILES string of the molecule is COC(=O)c1cncnc1NC(=O)Cc1c(F)ccc(F)c1Cl. The lowest BCUT2D eigenvalue weighted by molar-refractivity contribution is -0.115. The Morgan fingerprint density at radius 2 is 2.00 bits per heavy atom. The van der Waals surface area contributed by atoms with Gasteiger partial charge < -0.3 is 10.1 Å². The Bertz CT molecular complexity index is 771. The molecule has 0 saturated carbocycles. The summed E-state index contributed by atoms with van der Waals surface area (Å²) >= 11 is 5.65. The molecule has 1 heterocycles. The first-order chi connectivity index (χ1) is 10.9. The Kier molecular flexibility index (Phi) is 5.17. The summed E-state index contributed by atoms with van der Waals surface area (Å²) < 4.78 is 31.5. The van der Waals surface area contributed by atoms with Gasteiger partial charge >= 0.3 is 5.97 Å². The monoisotopic (exact) mass is 341 g/mol. The molecule has 0 spiro atoms. The van der Waals surface area contributed by atoms with E-state index in [9.17, 15) is 18.4 Å². The maximum atomic E-state index is 13.7. The summed E-state index contributed by atoms with van der Waals surface area (Å²) in [6, 6.07) is 1.73. The number of carbonyl (C=O) groups is 2. The highest BCUT2D eigenvalue weighted by molar-refractivity contribution is 6.31. The number of anilines is 1. The van der Waals surface area contributed by atoms with Crippen LogP contribution in [0.4, 0.5) is 14.6 Å². The van der Waals surface area contributed by atoms with Crippen molar-refractivity contribution in [2.24, 2.45) is 0 Å². The third kappa shape index (κ3) is 3.78. The number of hydrogen-bond acceptors (Lipinski definition) is 5. The molecule has 0 aliphatic rings. The minimum Gasteiger partial charge on any atom is -0.465 e. The number of esters is 1. The van der Waals surface area contributed by atoms with Crippen molar-refractivity contribution in [3.63, 3.8) is 0 Å². The third-order valence-electron chi connectivity index (χ3n) is 2.85. The lowest BCUT2D eigenvalue weighted by atomic mass is 10.1. The highest BCUT2D eigenvalue weighted by Crippen LogP contribution is 2.23. The van der Waals surface area contributed by atoms with Crippen LogP contribution in [0.25, 0.3) is 0 Å². The highest BCUT2D eigenvalue weighted by atomic mass is 35.5. The van der Waals surface area contributed by atoms with Gasteiger partial charge in [-0.05, 0) is 12.1 Å². The molecule has 1 amide bonds. The minimum atomic E-state index is -0.840. The molecule has 2 aromatic rings. The van der Waals surface area contributed by atoms with Crippen LogP contribution in [-0.4, -0.2) is 29.0 Å². The summed E-state index contributed by atoms with van der Waals surface area (Å²) in [5, 5.41) is 1.83. The normalized spacial score (nSPS) is 10.3. The van der Waals surface area contributed by atoms with Gasteiger partial charge in [0.25, 0.3) is 0 Å². The topological polar surface area (TPSA) is 81.2 Å². The number of nitrogens with zero attached hydrogens (tertiary/aromatic N) is 2. The van der Waals surface area contributed by atoms with E-state index in [0.29, 0.717) is 0 Å². The van der Waals surface area contributed by atoms with E-state index in [4.69, 9.17) is 11.6 Å². The molecule has 23 heavy (non-hydrogen) atoms. The van der Waals surface area contributed by atoms with Crippen LogP contribution in [0, 0.1) is 11.6 Å². The van der Waals surface area contributed by atoms with Crippen LogP contribution >= 0.6 is 11.6 Å². The average molecular weight is 342 g/mol. The molecule has 0 bridgehead atoms. The number of ether oxygens (including phenoxy) is 1. The molecule has 1 N–H and O–H groups in total. The van der Waals surface area contributed by atoms with E-state index in [2.05, 4.69) is 20.0 Å². The fraction of sp³-hybridized carbons (Fsp3) is 0.143. The first-order valence-corrected chi connectivity index (χ1v) is 6.62. The molecule has 0 saturated heterocycles. The molecule has 6 nitrogen and oxygen atoms in total. The zero-order chi connectivity index (χ0) is 17.0. The number of benzene rings is 1. The maximum Gasteiger partial charge on any atom is 0.343 e. The van der Waals surface area contributed by atoms with Crippen LogP contribution in [0.15, 0.2) is 24.7 Å². The minimum absolute atomic E-state index is 0.0749. The molecular formula is C14H10ClF2N3O3. The number of rotatable bonds is 4.